The number of carbonyl (C=O) groups is 1. The number of hydrogen-bond acceptors (Lipinski definition) is 4. The van der Waals surface area contributed by atoms with E-state index in [0.717, 1.165) is 19.3 Å². The molecule has 33 heavy (non-hydrogen) atoms. The molecule has 0 saturated heterocycles. The third-order valence-electron chi connectivity index (χ3n) is 6.09. The Morgan fingerprint density at radius 2 is 1.18 bits per heavy atom. The van der Waals surface area contributed by atoms with E-state index in [4.69, 9.17) is 9.47 Å². The van der Waals surface area contributed by atoms with E-state index in [0.29, 0.717) is 19.6 Å². The largest absolute Gasteiger partial charge is 0.457 e. The zero-order chi connectivity index (χ0) is 24.2. The Morgan fingerprint density at radius 1 is 0.697 bits per heavy atom. The number of rotatable bonds is 26. The molecule has 0 aromatic carbocycles. The van der Waals surface area contributed by atoms with Crippen LogP contribution in [0.5, 0.6) is 0 Å². The molecule has 0 bridgehead atoms. The van der Waals surface area contributed by atoms with Gasteiger partial charge in [0.15, 0.2) is 0 Å². The summed E-state index contributed by atoms with van der Waals surface area (Å²) in [5, 5.41) is 9.42. The van der Waals surface area contributed by atoms with Crippen molar-refractivity contribution in [2.75, 3.05) is 19.8 Å². The molecular weight excluding hydrogens is 412 g/mol. The summed E-state index contributed by atoms with van der Waals surface area (Å²) >= 11 is 0. The third kappa shape index (κ3) is 25.6. The van der Waals surface area contributed by atoms with E-state index in [9.17, 15) is 9.90 Å². The number of esters is 1. The Morgan fingerprint density at radius 3 is 1.73 bits per heavy atom. The van der Waals surface area contributed by atoms with E-state index in [1.165, 1.54) is 103 Å². The van der Waals surface area contributed by atoms with Crippen molar-refractivity contribution in [2.24, 2.45) is 0 Å². The minimum Gasteiger partial charge on any atom is -0.457 e. The van der Waals surface area contributed by atoms with Crippen LogP contribution in [0.3, 0.4) is 0 Å². The average Bonchev–Trinajstić information content (AvgIpc) is 2.82. The van der Waals surface area contributed by atoms with Crippen molar-refractivity contribution in [2.45, 2.75) is 148 Å². The molecule has 0 saturated carbocycles. The number of unbranched alkanes of at least 4 members (excludes halogenated alkanes) is 16. The zero-order valence-corrected chi connectivity index (χ0v) is 22.2. The van der Waals surface area contributed by atoms with E-state index in [1.54, 1.807) is 0 Å². The molecule has 1 atom stereocenters. The summed E-state index contributed by atoms with van der Waals surface area (Å²) in [6.07, 6.45) is 28.2. The van der Waals surface area contributed by atoms with Gasteiger partial charge < -0.3 is 14.6 Å². The molecule has 1 unspecified atom stereocenters. The quantitative estimate of drug-likeness (QED) is 0.0787. The number of ether oxygens (including phenoxy) is 2. The lowest BCUT2D eigenvalue weighted by Gasteiger charge is -2.15. The van der Waals surface area contributed by atoms with Crippen molar-refractivity contribution in [3.8, 4) is 0 Å². The molecule has 0 rings (SSSR count). The smallest absolute Gasteiger partial charge is 0.306 e. The van der Waals surface area contributed by atoms with Crippen LogP contribution in [0, 0.1) is 0 Å². The monoisotopic (exact) mass is 468 g/mol. The van der Waals surface area contributed by atoms with Crippen LogP contribution in [0.4, 0.5) is 0 Å². The van der Waals surface area contributed by atoms with Gasteiger partial charge in [0, 0.05) is 13.0 Å². The normalized spacial score (nSPS) is 12.5. The Bertz CT molecular complexity index is 422. The van der Waals surface area contributed by atoms with Gasteiger partial charge in [-0.05, 0) is 38.5 Å². The number of hydrogen-bond donors (Lipinski definition) is 1. The van der Waals surface area contributed by atoms with E-state index in [-0.39, 0.29) is 12.6 Å². The highest BCUT2D eigenvalue weighted by Crippen LogP contribution is 2.10. The van der Waals surface area contributed by atoms with Crippen LogP contribution in [0.2, 0.25) is 0 Å². The molecule has 0 spiro atoms. The highest BCUT2D eigenvalue weighted by Gasteiger charge is 2.13. The molecule has 0 aromatic heterocycles. The van der Waals surface area contributed by atoms with E-state index in [2.05, 4.69) is 26.0 Å². The molecule has 0 amide bonds. The van der Waals surface area contributed by atoms with Gasteiger partial charge in [-0.3, -0.25) is 4.79 Å². The molecular formula is C29H56O4. The average molecular weight is 469 g/mol. The van der Waals surface area contributed by atoms with Gasteiger partial charge in [0.25, 0.3) is 0 Å². The van der Waals surface area contributed by atoms with Gasteiger partial charge in [0.05, 0.1) is 13.2 Å². The maximum Gasteiger partial charge on any atom is 0.306 e. The van der Waals surface area contributed by atoms with Crippen LogP contribution in [-0.2, 0) is 14.3 Å². The lowest BCUT2D eigenvalue weighted by Crippen LogP contribution is -2.27. The molecule has 0 aliphatic rings. The Labute approximate surface area is 205 Å². The highest BCUT2D eigenvalue weighted by molar-refractivity contribution is 5.69. The Kier molecular flexibility index (Phi) is 26.7. The number of allylic oxidation sites excluding steroid dienone is 2. The van der Waals surface area contributed by atoms with E-state index < -0.39 is 6.10 Å². The van der Waals surface area contributed by atoms with Crippen LogP contribution in [-0.4, -0.2) is 37.0 Å². The molecule has 0 aliphatic heterocycles. The Hall–Kier alpha value is -0.870. The second kappa shape index (κ2) is 27.4. The van der Waals surface area contributed by atoms with Crippen molar-refractivity contribution >= 4 is 5.97 Å². The second-order valence-corrected chi connectivity index (χ2v) is 9.47. The van der Waals surface area contributed by atoms with Crippen molar-refractivity contribution < 1.29 is 19.4 Å². The molecule has 0 fully saturated rings. The van der Waals surface area contributed by atoms with Crippen LogP contribution in [0.1, 0.15) is 142 Å². The van der Waals surface area contributed by atoms with Gasteiger partial charge >= 0.3 is 5.97 Å². The van der Waals surface area contributed by atoms with Crippen molar-refractivity contribution in [3.05, 3.63) is 12.2 Å². The summed E-state index contributed by atoms with van der Waals surface area (Å²) in [4.78, 5) is 11.9. The lowest BCUT2D eigenvalue weighted by atomic mass is 10.1. The fraction of sp³-hybridized carbons (Fsp3) is 0.897. The number of carbonyl (C=O) groups excluding carboxylic acids is 1. The lowest BCUT2D eigenvalue weighted by molar-refractivity contribution is -0.154. The maximum atomic E-state index is 11.9. The summed E-state index contributed by atoms with van der Waals surface area (Å²) in [5.41, 5.74) is 0. The molecule has 4 nitrogen and oxygen atoms in total. The first-order chi connectivity index (χ1) is 16.2. The van der Waals surface area contributed by atoms with Gasteiger partial charge in [-0.25, -0.2) is 0 Å². The predicted octanol–water partition coefficient (Wildman–Crippen LogP) is 8.31. The van der Waals surface area contributed by atoms with Gasteiger partial charge in [0.2, 0.25) is 0 Å². The van der Waals surface area contributed by atoms with Crippen LogP contribution in [0.25, 0.3) is 0 Å². The number of aliphatic hydroxyl groups is 1. The van der Waals surface area contributed by atoms with Gasteiger partial charge in [-0.15, -0.1) is 0 Å². The SMILES string of the molecule is CCCCCCC/C=C\CCCCCCCCOCC(CO)OC(=O)CCCCCCCC. The molecule has 0 radical (unpaired) electrons. The molecule has 4 heteroatoms. The topological polar surface area (TPSA) is 55.8 Å². The zero-order valence-electron chi connectivity index (χ0n) is 22.2. The van der Waals surface area contributed by atoms with Gasteiger partial charge in [-0.1, -0.05) is 109 Å². The summed E-state index contributed by atoms with van der Waals surface area (Å²) in [6, 6.07) is 0. The van der Waals surface area contributed by atoms with Crippen molar-refractivity contribution in [1.82, 2.24) is 0 Å². The summed E-state index contributed by atoms with van der Waals surface area (Å²) in [6.45, 7) is 5.26. The Balaban J connectivity index is 3.42. The summed E-state index contributed by atoms with van der Waals surface area (Å²) in [7, 11) is 0. The molecule has 0 aliphatic carbocycles. The van der Waals surface area contributed by atoms with Crippen molar-refractivity contribution in [1.29, 1.82) is 0 Å². The molecule has 0 aromatic rings. The fourth-order valence-corrected chi connectivity index (χ4v) is 3.91. The van der Waals surface area contributed by atoms with Crippen LogP contribution < -0.4 is 0 Å². The first-order valence-electron chi connectivity index (χ1n) is 14.3. The third-order valence-corrected chi connectivity index (χ3v) is 6.09. The first-order valence-corrected chi connectivity index (χ1v) is 14.3. The number of aliphatic hydroxyl groups excluding tert-OH is 1. The second-order valence-electron chi connectivity index (χ2n) is 9.47. The molecule has 196 valence electrons. The standard InChI is InChI=1S/C29H56O4/c1-3-5-7-9-11-12-13-14-15-16-17-18-19-21-23-25-32-27-28(26-30)33-29(31)24-22-20-10-8-6-4-2/h13-14,28,30H,3-12,15-27H2,1-2H3/b14-13-. The summed E-state index contributed by atoms with van der Waals surface area (Å²) < 4.78 is 11.0. The fourth-order valence-electron chi connectivity index (χ4n) is 3.91. The predicted molar refractivity (Wildman–Crippen MR) is 141 cm³/mol. The highest BCUT2D eigenvalue weighted by atomic mass is 16.6. The molecule has 1 N–H and O–H groups in total. The minimum atomic E-state index is -0.526. The van der Waals surface area contributed by atoms with Crippen LogP contribution in [0.15, 0.2) is 12.2 Å². The maximum absolute atomic E-state index is 11.9. The summed E-state index contributed by atoms with van der Waals surface area (Å²) in [5.74, 6) is -0.213. The van der Waals surface area contributed by atoms with Crippen LogP contribution >= 0.6 is 0 Å². The first kappa shape index (κ1) is 32.1. The van der Waals surface area contributed by atoms with E-state index in [1.807, 2.05) is 0 Å². The van der Waals surface area contributed by atoms with Gasteiger partial charge in [0.1, 0.15) is 6.10 Å². The van der Waals surface area contributed by atoms with E-state index >= 15 is 0 Å². The van der Waals surface area contributed by atoms with Crippen molar-refractivity contribution in [3.63, 3.8) is 0 Å². The molecule has 0 heterocycles. The minimum absolute atomic E-state index is 0.171. The van der Waals surface area contributed by atoms with Gasteiger partial charge in [-0.2, -0.15) is 0 Å².